The van der Waals surface area contributed by atoms with Crippen LogP contribution < -0.4 is 30.7 Å². The third-order valence-electron chi connectivity index (χ3n) is 10.1. The van der Waals surface area contributed by atoms with Crippen molar-refractivity contribution in [1.82, 2.24) is 0 Å². The van der Waals surface area contributed by atoms with Gasteiger partial charge in [0.05, 0.1) is 57.5 Å². The van der Waals surface area contributed by atoms with Gasteiger partial charge in [0.1, 0.15) is 22.9 Å². The number of alkyl halides is 3. The third-order valence-corrected chi connectivity index (χ3v) is 11.6. The Morgan fingerprint density at radius 1 is 0.580 bits per heavy atom. The molecule has 0 saturated carbocycles. The van der Waals surface area contributed by atoms with E-state index in [-0.39, 0.29) is 67.0 Å². The zero-order chi connectivity index (χ0) is 50.5. The molecule has 5 aromatic carbocycles. The zero-order valence-electron chi connectivity index (χ0n) is 37.8. The molecule has 69 heavy (non-hydrogen) atoms. The molecule has 0 saturated heterocycles. The molecule has 0 heterocycles. The molecule has 0 aliphatic heterocycles. The summed E-state index contributed by atoms with van der Waals surface area (Å²) in [5.74, 6) is -3.34. The Balaban J connectivity index is 1.28. The van der Waals surface area contributed by atoms with Crippen molar-refractivity contribution in [3.63, 3.8) is 0 Å². The fourth-order valence-electron chi connectivity index (χ4n) is 6.43. The Bertz CT molecular complexity index is 2840. The second-order valence-corrected chi connectivity index (χ2v) is 17.5. The predicted octanol–water partition coefficient (Wildman–Crippen LogP) is 12.3. The molecule has 0 spiro atoms. The monoisotopic (exact) mass is 1040 g/mol. The van der Waals surface area contributed by atoms with E-state index in [1.54, 1.807) is 50.2 Å². The van der Waals surface area contributed by atoms with E-state index in [0.29, 0.717) is 28.4 Å². The second kappa shape index (κ2) is 24.7. The van der Waals surface area contributed by atoms with E-state index in [1.807, 2.05) is 0 Å². The van der Waals surface area contributed by atoms with Crippen molar-refractivity contribution < 1.29 is 38.2 Å². The molecule has 0 aromatic heterocycles. The van der Waals surface area contributed by atoms with Crippen LogP contribution in [-0.4, -0.2) is 67.4 Å². The molecule has 4 N–H and O–H groups in total. The molecule has 0 fully saturated rings. The number of methoxy groups -OCH3 is 2. The molecule has 0 aliphatic rings. The number of carbonyl (C=O) groups is 6. The van der Waals surface area contributed by atoms with Crippen molar-refractivity contribution in [2.24, 2.45) is 20.5 Å². The summed E-state index contributed by atoms with van der Waals surface area (Å²) in [6.45, 7) is 5.91. The number of hydrogen-bond acceptors (Lipinski definition) is 12. The number of carbonyl (C=O) groups excluding carboxylic acids is 6. The first-order valence-electron chi connectivity index (χ1n) is 20.8. The number of aryl methyl sites for hydroxylation is 1. The van der Waals surface area contributed by atoms with Crippen LogP contribution in [0.15, 0.2) is 111 Å². The normalized spacial score (nSPS) is 13.0. The first kappa shape index (κ1) is 53.5. The summed E-state index contributed by atoms with van der Waals surface area (Å²) in [5, 5.41) is 26.1. The summed E-state index contributed by atoms with van der Waals surface area (Å²) in [7, 11) is 2.91. The average Bonchev–Trinajstić information content (AvgIpc) is 3.30. The van der Waals surface area contributed by atoms with Crippen LogP contribution in [0.4, 0.5) is 34.1 Å². The topological polar surface area (TPSA) is 218 Å². The highest BCUT2D eigenvalue weighted by Gasteiger charge is 2.27. The van der Waals surface area contributed by atoms with Gasteiger partial charge >= 0.3 is 0 Å². The summed E-state index contributed by atoms with van der Waals surface area (Å²) in [5.41, 5.74) is 3.28. The molecular weight excluding hydrogens is 994 g/mol. The summed E-state index contributed by atoms with van der Waals surface area (Å²) < 4.78 is 10.8. The van der Waals surface area contributed by atoms with Crippen LogP contribution in [0.3, 0.4) is 0 Å². The van der Waals surface area contributed by atoms with Crippen molar-refractivity contribution >= 4 is 127 Å². The Morgan fingerprint density at radius 2 is 1.01 bits per heavy atom. The lowest BCUT2D eigenvalue weighted by Gasteiger charge is -2.16. The minimum Gasteiger partial charge on any atom is -0.495 e. The number of ketones is 2. The highest BCUT2D eigenvalue weighted by Crippen LogP contribution is 2.35. The van der Waals surface area contributed by atoms with E-state index < -0.39 is 47.3 Å². The van der Waals surface area contributed by atoms with Crippen LogP contribution >= 0.6 is 58.0 Å². The SMILES string of the molecule is COc1cc(C(C)Cl)ccc1NC(=O)c1cccc(N=NC(C(C)=O)C(=O)Nc2ccc(NC(=O)C(N=Nc3cccc(C(=O)Nc4ccc(C(C)Cl)cc4OC)c3Cl)C(C)=O)c(CCCl)c2)c1Cl. The van der Waals surface area contributed by atoms with E-state index in [9.17, 15) is 28.8 Å². The maximum atomic E-state index is 13.6. The number of anilines is 4. The number of hydrogen-bond donors (Lipinski definition) is 4. The van der Waals surface area contributed by atoms with Gasteiger partial charge in [0.25, 0.3) is 23.6 Å². The average molecular weight is 1040 g/mol. The fourth-order valence-corrected chi connectivity index (χ4v) is 7.41. The van der Waals surface area contributed by atoms with E-state index in [1.165, 1.54) is 68.8 Å². The molecule has 0 bridgehead atoms. The Morgan fingerprint density at radius 3 is 1.42 bits per heavy atom. The molecule has 16 nitrogen and oxygen atoms in total. The number of nitrogens with zero attached hydrogens (tertiary/aromatic N) is 4. The van der Waals surface area contributed by atoms with Gasteiger partial charge in [-0.1, -0.05) is 47.5 Å². The Labute approximate surface area is 422 Å². The van der Waals surface area contributed by atoms with Gasteiger partial charge < -0.3 is 30.7 Å². The van der Waals surface area contributed by atoms with E-state index >= 15 is 0 Å². The molecule has 4 unspecified atom stereocenters. The highest BCUT2D eigenvalue weighted by atomic mass is 35.5. The fraction of sp³-hybridized carbons (Fsp3) is 0.250. The smallest absolute Gasteiger partial charge is 0.258 e. The van der Waals surface area contributed by atoms with E-state index in [0.717, 1.165) is 25.0 Å². The van der Waals surface area contributed by atoms with Crippen molar-refractivity contribution in [3.8, 4) is 11.5 Å². The number of rotatable bonds is 20. The van der Waals surface area contributed by atoms with Gasteiger partial charge in [0.15, 0.2) is 11.6 Å². The van der Waals surface area contributed by atoms with Crippen LogP contribution in [0.2, 0.25) is 10.0 Å². The maximum absolute atomic E-state index is 13.6. The summed E-state index contributed by atoms with van der Waals surface area (Å²) in [6, 6.07) is 20.2. The van der Waals surface area contributed by atoms with Crippen molar-refractivity contribution in [2.75, 3.05) is 41.4 Å². The quantitative estimate of drug-likeness (QED) is 0.0333. The number of Topliss-reactive ketones (excluding diaryl/α,β-unsaturated/α-hetero) is 2. The van der Waals surface area contributed by atoms with E-state index in [2.05, 4.69) is 41.7 Å². The Hall–Kier alpha value is -6.43. The summed E-state index contributed by atoms with van der Waals surface area (Å²) in [4.78, 5) is 79.1. The Kier molecular flexibility index (Phi) is 19.2. The third kappa shape index (κ3) is 13.9. The lowest BCUT2D eigenvalue weighted by Crippen LogP contribution is -2.32. The molecule has 5 rings (SSSR count). The summed E-state index contributed by atoms with van der Waals surface area (Å²) in [6.07, 6.45) is 0.197. The van der Waals surface area contributed by atoms with Crippen molar-refractivity contribution in [3.05, 3.63) is 129 Å². The number of azo groups is 2. The van der Waals surface area contributed by atoms with Gasteiger partial charge in [0.2, 0.25) is 12.1 Å². The molecule has 4 amide bonds. The van der Waals surface area contributed by atoms with Gasteiger partial charge in [-0.05, 0) is 118 Å². The van der Waals surface area contributed by atoms with Crippen LogP contribution in [0, 0.1) is 0 Å². The van der Waals surface area contributed by atoms with Crippen LogP contribution in [0.5, 0.6) is 11.5 Å². The number of nitrogens with one attached hydrogen (secondary N) is 4. The van der Waals surface area contributed by atoms with Crippen LogP contribution in [0.1, 0.15) is 75.9 Å². The number of amides is 4. The van der Waals surface area contributed by atoms with Gasteiger partial charge in [-0.15, -0.1) is 34.8 Å². The molecule has 4 atom stereocenters. The van der Waals surface area contributed by atoms with Crippen molar-refractivity contribution in [2.45, 2.75) is 57.0 Å². The van der Waals surface area contributed by atoms with Crippen LogP contribution in [0.25, 0.3) is 0 Å². The first-order valence-corrected chi connectivity index (χ1v) is 23.0. The number of halogens is 5. The molecule has 0 radical (unpaired) electrons. The standard InChI is InChI=1S/C48H45Cl5N8O8/c1-24(50)28-13-16-35(39(22-28)68-5)56-45(64)32-9-7-11-37(41(32)52)58-60-43(26(3)62)47(66)54-31-15-18-34(30(21-31)19-20-49)55-48(67)44(27(4)63)61-59-38-12-8-10-33(42(38)53)46(65)57-36-17-14-29(25(2)51)23-40(36)69-6/h7-18,21-25,43-44H,19-20H2,1-6H3,(H,54,66)(H,55,67)(H,56,64)(H,57,65). The lowest BCUT2D eigenvalue weighted by molar-refractivity contribution is -0.127. The minimum atomic E-state index is -1.64. The number of benzene rings is 5. The van der Waals surface area contributed by atoms with Crippen molar-refractivity contribution in [1.29, 1.82) is 0 Å². The van der Waals surface area contributed by atoms with Crippen LogP contribution in [-0.2, 0) is 25.6 Å². The second-order valence-electron chi connectivity index (χ2n) is 15.1. The van der Waals surface area contributed by atoms with E-state index in [4.69, 9.17) is 67.5 Å². The maximum Gasteiger partial charge on any atom is 0.258 e. The molecular formula is C48H45Cl5N8O8. The molecule has 21 heteroatoms. The number of ether oxygens (including phenoxy) is 2. The minimum absolute atomic E-state index is 0.00830. The highest BCUT2D eigenvalue weighted by molar-refractivity contribution is 6.37. The molecule has 0 aliphatic carbocycles. The molecule has 5 aromatic rings. The zero-order valence-corrected chi connectivity index (χ0v) is 41.6. The largest absolute Gasteiger partial charge is 0.495 e. The van der Waals surface area contributed by atoms with Gasteiger partial charge in [-0.2, -0.15) is 20.5 Å². The molecule has 360 valence electrons. The lowest BCUT2D eigenvalue weighted by atomic mass is 10.1. The first-order chi connectivity index (χ1) is 32.9. The van der Waals surface area contributed by atoms with Gasteiger partial charge in [0, 0.05) is 17.3 Å². The van der Waals surface area contributed by atoms with Gasteiger partial charge in [-0.3, -0.25) is 28.8 Å². The predicted molar refractivity (Wildman–Crippen MR) is 269 cm³/mol. The summed E-state index contributed by atoms with van der Waals surface area (Å²) >= 11 is 31.7. The van der Waals surface area contributed by atoms with Gasteiger partial charge in [-0.25, -0.2) is 0 Å².